The van der Waals surface area contributed by atoms with Gasteiger partial charge in [-0.3, -0.25) is 10.1 Å². The van der Waals surface area contributed by atoms with E-state index < -0.39 is 43.8 Å². The summed E-state index contributed by atoms with van der Waals surface area (Å²) in [6.07, 6.45) is 0.207. The zero-order chi connectivity index (χ0) is 22.7. The van der Waals surface area contributed by atoms with Crippen LogP contribution < -0.4 is 4.74 Å². The fourth-order valence-electron chi connectivity index (χ4n) is 2.13. The van der Waals surface area contributed by atoms with Crippen LogP contribution in [0.15, 0.2) is 40.8 Å². The Labute approximate surface area is 173 Å². The molecule has 0 aliphatic carbocycles. The summed E-state index contributed by atoms with van der Waals surface area (Å²) in [5, 5.41) is 12.3. The third-order valence-electron chi connectivity index (χ3n) is 3.43. The van der Waals surface area contributed by atoms with Crippen molar-refractivity contribution >= 4 is 33.2 Å². The molecular formula is C17H10ClF3N2O6S. The van der Waals surface area contributed by atoms with E-state index in [9.17, 15) is 31.7 Å². The van der Waals surface area contributed by atoms with Crippen LogP contribution in [0, 0.1) is 21.8 Å². The summed E-state index contributed by atoms with van der Waals surface area (Å²) < 4.78 is 74.7. The summed E-state index contributed by atoms with van der Waals surface area (Å²) in [6, 6.07) is 5.42. The Balaban J connectivity index is 2.54. The first-order chi connectivity index (χ1) is 13.9. The standard InChI is InChI=1S/C17H10ClF3N2O6S/c1-3-30(26,27)22-16(28-2)12-9-11(5-6-14(12)23(24)25)29-15-7-4-10(8-13(15)18)17(19,20)21/h1,4-9H,2H3. The van der Waals surface area contributed by atoms with E-state index in [1.54, 1.807) is 0 Å². The minimum Gasteiger partial charge on any atom is -0.480 e. The Bertz CT molecular complexity index is 1170. The van der Waals surface area contributed by atoms with Crippen molar-refractivity contribution in [3.8, 4) is 23.2 Å². The molecule has 2 rings (SSSR count). The number of halogens is 4. The quantitative estimate of drug-likeness (QED) is 0.214. The van der Waals surface area contributed by atoms with Gasteiger partial charge < -0.3 is 9.47 Å². The number of sulfonamides is 1. The molecular weight excluding hydrogens is 453 g/mol. The normalized spacial score (nSPS) is 12.2. The number of rotatable bonds is 5. The van der Waals surface area contributed by atoms with Gasteiger partial charge in [0.15, 0.2) is 0 Å². The highest BCUT2D eigenvalue weighted by Crippen LogP contribution is 2.37. The van der Waals surface area contributed by atoms with Crippen LogP contribution in [0.1, 0.15) is 11.1 Å². The molecule has 0 heterocycles. The van der Waals surface area contributed by atoms with Gasteiger partial charge in [-0.2, -0.15) is 21.6 Å². The summed E-state index contributed by atoms with van der Waals surface area (Å²) in [6.45, 7) is 0. The first-order valence-corrected chi connectivity index (χ1v) is 9.39. The van der Waals surface area contributed by atoms with Crippen LogP contribution in [0.4, 0.5) is 18.9 Å². The number of alkyl halides is 3. The molecule has 0 radical (unpaired) electrons. The van der Waals surface area contributed by atoms with E-state index in [4.69, 9.17) is 27.5 Å². The lowest BCUT2D eigenvalue weighted by Crippen LogP contribution is -2.10. The fraction of sp³-hybridized carbons (Fsp3) is 0.118. The molecule has 0 bridgehead atoms. The monoisotopic (exact) mass is 462 g/mol. The van der Waals surface area contributed by atoms with Gasteiger partial charge in [0.1, 0.15) is 17.1 Å². The summed E-state index contributed by atoms with van der Waals surface area (Å²) in [4.78, 5) is 10.4. The SMILES string of the molecule is C#CS(=O)(=O)N=C(OC)c1cc(Oc2ccc(C(F)(F)F)cc2Cl)ccc1[N+](=O)[O-]. The molecule has 0 N–H and O–H groups in total. The van der Waals surface area contributed by atoms with Crippen molar-refractivity contribution in [3.05, 3.63) is 62.7 Å². The van der Waals surface area contributed by atoms with Crippen LogP contribution in [0.3, 0.4) is 0 Å². The zero-order valence-corrected chi connectivity index (χ0v) is 16.4. The van der Waals surface area contributed by atoms with Gasteiger partial charge in [0.05, 0.1) is 22.6 Å². The molecule has 158 valence electrons. The molecule has 13 heteroatoms. The third kappa shape index (κ3) is 5.40. The lowest BCUT2D eigenvalue weighted by molar-refractivity contribution is -0.385. The first-order valence-electron chi connectivity index (χ1n) is 7.57. The Morgan fingerprint density at radius 1 is 1.27 bits per heavy atom. The van der Waals surface area contributed by atoms with Crippen molar-refractivity contribution < 1.29 is 36.0 Å². The molecule has 0 saturated carbocycles. The molecule has 0 aliphatic rings. The van der Waals surface area contributed by atoms with Gasteiger partial charge in [0.25, 0.3) is 5.69 Å². The number of benzene rings is 2. The van der Waals surface area contributed by atoms with Crippen molar-refractivity contribution in [3.63, 3.8) is 0 Å². The zero-order valence-electron chi connectivity index (χ0n) is 14.8. The number of ether oxygens (including phenoxy) is 2. The van der Waals surface area contributed by atoms with Gasteiger partial charge in [-0.15, -0.1) is 10.8 Å². The second kappa shape index (κ2) is 8.60. The van der Waals surface area contributed by atoms with Crippen LogP contribution in [-0.2, 0) is 20.9 Å². The second-order valence-electron chi connectivity index (χ2n) is 5.37. The summed E-state index contributed by atoms with van der Waals surface area (Å²) in [5.41, 5.74) is -1.99. The van der Waals surface area contributed by atoms with E-state index in [1.807, 2.05) is 0 Å². The van der Waals surface area contributed by atoms with E-state index >= 15 is 0 Å². The maximum Gasteiger partial charge on any atom is 0.416 e. The predicted octanol–water partition coefficient (Wildman–Crippen LogP) is 4.37. The molecule has 0 amide bonds. The predicted molar refractivity (Wildman–Crippen MR) is 101 cm³/mol. The molecule has 8 nitrogen and oxygen atoms in total. The third-order valence-corrected chi connectivity index (χ3v) is 4.43. The van der Waals surface area contributed by atoms with Crippen LogP contribution in [0.25, 0.3) is 0 Å². The number of hydrogen-bond donors (Lipinski definition) is 0. The smallest absolute Gasteiger partial charge is 0.416 e. The van der Waals surface area contributed by atoms with E-state index in [-0.39, 0.29) is 16.5 Å². The Morgan fingerprint density at radius 2 is 1.93 bits per heavy atom. The highest BCUT2D eigenvalue weighted by molar-refractivity contribution is 7.94. The maximum atomic E-state index is 12.7. The van der Waals surface area contributed by atoms with Crippen LogP contribution in [0.2, 0.25) is 5.02 Å². The van der Waals surface area contributed by atoms with Crippen molar-refractivity contribution in [1.82, 2.24) is 0 Å². The number of nitro benzene ring substituents is 1. The topological polar surface area (TPSA) is 108 Å². The molecule has 0 fully saturated rings. The number of nitrogens with zero attached hydrogens (tertiary/aromatic N) is 2. The van der Waals surface area contributed by atoms with Crippen molar-refractivity contribution in [2.75, 3.05) is 7.11 Å². The van der Waals surface area contributed by atoms with Crippen LogP contribution >= 0.6 is 11.6 Å². The minimum atomic E-state index is -4.62. The van der Waals surface area contributed by atoms with Gasteiger partial charge in [0.2, 0.25) is 5.90 Å². The lowest BCUT2D eigenvalue weighted by atomic mass is 10.1. The minimum absolute atomic E-state index is 0.125. The van der Waals surface area contributed by atoms with Gasteiger partial charge in [-0.05, 0) is 24.3 Å². The first kappa shape index (κ1) is 23.0. The van der Waals surface area contributed by atoms with E-state index in [2.05, 4.69) is 4.40 Å². The number of nitro groups is 1. The average Bonchev–Trinajstić information content (AvgIpc) is 2.66. The molecule has 0 unspecified atom stereocenters. The van der Waals surface area contributed by atoms with Gasteiger partial charge in [-0.1, -0.05) is 11.6 Å². The van der Waals surface area contributed by atoms with Gasteiger partial charge >= 0.3 is 16.2 Å². The summed E-state index contributed by atoms with van der Waals surface area (Å²) in [7, 11) is -3.41. The highest BCUT2D eigenvalue weighted by Gasteiger charge is 2.31. The molecule has 0 saturated heterocycles. The van der Waals surface area contributed by atoms with Crippen LogP contribution in [0.5, 0.6) is 11.5 Å². The molecule has 2 aromatic carbocycles. The number of hydrogen-bond acceptors (Lipinski definition) is 6. The second-order valence-corrected chi connectivity index (χ2v) is 7.15. The van der Waals surface area contributed by atoms with E-state index in [0.717, 1.165) is 37.4 Å². The van der Waals surface area contributed by atoms with Crippen molar-refractivity contribution in [2.45, 2.75) is 6.18 Å². The Morgan fingerprint density at radius 3 is 2.43 bits per heavy atom. The average molecular weight is 463 g/mol. The summed E-state index contributed by atoms with van der Waals surface area (Å²) >= 11 is 5.82. The highest BCUT2D eigenvalue weighted by atomic mass is 35.5. The lowest BCUT2D eigenvalue weighted by Gasteiger charge is -2.12. The maximum absolute atomic E-state index is 12.7. The largest absolute Gasteiger partial charge is 0.480 e. The van der Waals surface area contributed by atoms with Crippen molar-refractivity contribution in [2.24, 2.45) is 4.40 Å². The van der Waals surface area contributed by atoms with E-state index in [1.165, 1.54) is 5.25 Å². The van der Waals surface area contributed by atoms with Gasteiger partial charge in [0, 0.05) is 17.4 Å². The van der Waals surface area contributed by atoms with Gasteiger partial charge in [-0.25, -0.2) is 0 Å². The molecule has 0 atom stereocenters. The molecule has 0 spiro atoms. The molecule has 0 aromatic heterocycles. The Hall–Kier alpha value is -3.30. The van der Waals surface area contributed by atoms with E-state index in [0.29, 0.717) is 6.07 Å². The molecule has 30 heavy (non-hydrogen) atoms. The number of methoxy groups -OCH3 is 1. The summed E-state index contributed by atoms with van der Waals surface area (Å²) in [5.74, 6) is -1.000. The Kier molecular flexibility index (Phi) is 6.59. The number of terminal acetylenes is 1. The molecule has 0 aliphatic heterocycles. The van der Waals surface area contributed by atoms with Crippen LogP contribution in [-0.4, -0.2) is 26.3 Å². The van der Waals surface area contributed by atoms with Crippen molar-refractivity contribution in [1.29, 1.82) is 0 Å². The fourth-order valence-corrected chi connectivity index (χ4v) is 2.79. The molecule has 2 aromatic rings.